The van der Waals surface area contributed by atoms with Crippen LogP contribution in [0.2, 0.25) is 0 Å². The summed E-state index contributed by atoms with van der Waals surface area (Å²) in [6, 6.07) is 2.34. The maximum absolute atomic E-state index is 11.6. The monoisotopic (exact) mass is 296 g/mol. The number of nitrogens with two attached hydrogens (primary N) is 1. The molecule has 0 spiro atoms. The summed E-state index contributed by atoms with van der Waals surface area (Å²) in [7, 11) is -7.49. The van der Waals surface area contributed by atoms with Gasteiger partial charge in [0.1, 0.15) is 0 Å². The molecule has 8 nitrogen and oxygen atoms in total. The highest BCUT2D eigenvalue weighted by Crippen LogP contribution is 2.11. The van der Waals surface area contributed by atoms with Gasteiger partial charge in [0.2, 0.25) is 15.1 Å². The molecule has 102 valence electrons. The van der Waals surface area contributed by atoms with Crippen molar-refractivity contribution in [3.63, 3.8) is 0 Å². The Morgan fingerprint density at radius 3 is 2.44 bits per heavy atom. The fourth-order valence-electron chi connectivity index (χ4n) is 1.09. The molecule has 18 heavy (non-hydrogen) atoms. The fourth-order valence-corrected chi connectivity index (χ4v) is 2.65. The molecule has 0 aromatic carbocycles. The summed E-state index contributed by atoms with van der Waals surface area (Å²) in [4.78, 5) is 10.3. The smallest absolute Gasteiger partial charge is 0.273 e. The van der Waals surface area contributed by atoms with Crippen LogP contribution in [0.5, 0.6) is 0 Å². The predicted molar refractivity (Wildman–Crippen MR) is 61.9 cm³/mol. The standard InChI is InChI=1S/C8H12N2O6S2/c9-17(12,13)5-1-4-10-18(14,15)8-3-2-7(6-11)16-8/h2-3,6,10H,1,4-5H2,(H2,9,12,13). The van der Waals surface area contributed by atoms with Crippen LogP contribution in [-0.2, 0) is 20.0 Å². The van der Waals surface area contributed by atoms with Gasteiger partial charge in [-0.2, -0.15) is 0 Å². The zero-order valence-electron chi connectivity index (χ0n) is 9.20. The van der Waals surface area contributed by atoms with Gasteiger partial charge in [-0.3, -0.25) is 4.79 Å². The van der Waals surface area contributed by atoms with Crippen LogP contribution in [0.1, 0.15) is 17.0 Å². The number of sulfonamides is 2. The summed E-state index contributed by atoms with van der Waals surface area (Å²) in [6.45, 7) is -0.101. The molecule has 0 aliphatic heterocycles. The normalized spacial score (nSPS) is 12.5. The third kappa shape index (κ3) is 4.56. The van der Waals surface area contributed by atoms with E-state index in [9.17, 15) is 21.6 Å². The van der Waals surface area contributed by atoms with E-state index in [-0.39, 0.29) is 24.5 Å². The lowest BCUT2D eigenvalue weighted by atomic mass is 10.5. The van der Waals surface area contributed by atoms with Crippen LogP contribution in [0.25, 0.3) is 0 Å². The predicted octanol–water partition coefficient (Wildman–Crippen LogP) is -0.951. The second kappa shape index (κ2) is 5.61. The molecule has 0 saturated carbocycles. The second-order valence-corrected chi connectivity index (χ2v) is 6.82. The van der Waals surface area contributed by atoms with Crippen molar-refractivity contribution in [2.75, 3.05) is 12.3 Å². The molecule has 1 aromatic rings. The van der Waals surface area contributed by atoms with E-state index < -0.39 is 25.1 Å². The van der Waals surface area contributed by atoms with Gasteiger partial charge in [-0.25, -0.2) is 26.7 Å². The van der Waals surface area contributed by atoms with E-state index in [0.717, 1.165) is 6.07 Å². The fraction of sp³-hybridized carbons (Fsp3) is 0.375. The van der Waals surface area contributed by atoms with Gasteiger partial charge in [0.25, 0.3) is 10.0 Å². The molecule has 0 bridgehead atoms. The Balaban J connectivity index is 2.58. The largest absolute Gasteiger partial charge is 0.440 e. The van der Waals surface area contributed by atoms with E-state index in [0.29, 0.717) is 6.29 Å². The summed E-state index contributed by atoms with van der Waals surface area (Å²) >= 11 is 0. The van der Waals surface area contributed by atoms with Crippen molar-refractivity contribution in [1.82, 2.24) is 4.72 Å². The van der Waals surface area contributed by atoms with Crippen molar-refractivity contribution in [3.05, 3.63) is 17.9 Å². The molecule has 0 atom stereocenters. The molecule has 0 saturated heterocycles. The van der Waals surface area contributed by atoms with Crippen LogP contribution < -0.4 is 9.86 Å². The Morgan fingerprint density at radius 2 is 1.94 bits per heavy atom. The number of aldehydes is 1. The maximum atomic E-state index is 11.6. The molecular formula is C8H12N2O6S2. The van der Waals surface area contributed by atoms with Crippen LogP contribution >= 0.6 is 0 Å². The molecule has 3 N–H and O–H groups in total. The van der Waals surface area contributed by atoms with Gasteiger partial charge >= 0.3 is 0 Å². The van der Waals surface area contributed by atoms with Gasteiger partial charge in [-0.15, -0.1) is 0 Å². The van der Waals surface area contributed by atoms with Crippen molar-refractivity contribution < 1.29 is 26.0 Å². The molecule has 0 unspecified atom stereocenters. The Hall–Kier alpha value is -1.23. The molecule has 0 amide bonds. The number of carbonyl (C=O) groups is 1. The molecule has 10 heteroatoms. The second-order valence-electron chi connectivity index (χ2n) is 3.39. The van der Waals surface area contributed by atoms with E-state index in [1.807, 2.05) is 0 Å². The Morgan fingerprint density at radius 1 is 1.28 bits per heavy atom. The van der Waals surface area contributed by atoms with Crippen LogP contribution in [0, 0.1) is 0 Å². The van der Waals surface area contributed by atoms with Crippen LogP contribution in [-0.4, -0.2) is 35.4 Å². The average molecular weight is 296 g/mol. The molecular weight excluding hydrogens is 284 g/mol. The first-order valence-electron chi connectivity index (χ1n) is 4.80. The van der Waals surface area contributed by atoms with Crippen LogP contribution in [0.4, 0.5) is 0 Å². The Kier molecular flexibility index (Phi) is 4.62. The zero-order chi connectivity index (χ0) is 13.8. The third-order valence-electron chi connectivity index (χ3n) is 1.88. The number of rotatable bonds is 7. The zero-order valence-corrected chi connectivity index (χ0v) is 10.8. The van der Waals surface area contributed by atoms with Gasteiger partial charge < -0.3 is 4.42 Å². The number of furan rings is 1. The highest BCUT2D eigenvalue weighted by Gasteiger charge is 2.18. The molecule has 1 rings (SSSR count). The van der Waals surface area contributed by atoms with Crippen molar-refractivity contribution >= 4 is 26.3 Å². The first-order chi connectivity index (χ1) is 8.24. The van der Waals surface area contributed by atoms with Crippen molar-refractivity contribution in [2.45, 2.75) is 11.5 Å². The molecule has 0 aliphatic rings. The maximum Gasteiger partial charge on any atom is 0.273 e. The van der Waals surface area contributed by atoms with Gasteiger partial charge in [-0.1, -0.05) is 0 Å². The number of carbonyl (C=O) groups excluding carboxylic acids is 1. The summed E-state index contributed by atoms with van der Waals surface area (Å²) in [5, 5.41) is 4.35. The molecule has 1 aromatic heterocycles. The SMILES string of the molecule is NS(=O)(=O)CCCNS(=O)(=O)c1ccc(C=O)o1. The van der Waals surface area contributed by atoms with Gasteiger partial charge in [-0.05, 0) is 18.6 Å². The van der Waals surface area contributed by atoms with Crippen molar-refractivity contribution in [1.29, 1.82) is 0 Å². The average Bonchev–Trinajstić information content (AvgIpc) is 2.72. The summed E-state index contributed by atoms with van der Waals surface area (Å²) in [5.74, 6) is -0.437. The van der Waals surface area contributed by atoms with E-state index in [1.165, 1.54) is 6.07 Å². The Labute approximate surface area is 104 Å². The minimum absolute atomic E-state index is 0.0410. The van der Waals surface area contributed by atoms with Crippen molar-refractivity contribution in [3.8, 4) is 0 Å². The quantitative estimate of drug-likeness (QED) is 0.491. The number of hydrogen-bond donors (Lipinski definition) is 2. The van der Waals surface area contributed by atoms with Crippen LogP contribution in [0.3, 0.4) is 0 Å². The lowest BCUT2D eigenvalue weighted by Gasteiger charge is -2.03. The summed E-state index contributed by atoms with van der Waals surface area (Å²) in [5.41, 5.74) is 0. The van der Waals surface area contributed by atoms with Gasteiger partial charge in [0, 0.05) is 6.54 Å². The first kappa shape index (κ1) is 14.8. The van der Waals surface area contributed by atoms with E-state index in [4.69, 9.17) is 9.56 Å². The molecule has 1 heterocycles. The highest BCUT2D eigenvalue weighted by molar-refractivity contribution is 7.89. The highest BCUT2D eigenvalue weighted by atomic mass is 32.2. The van der Waals surface area contributed by atoms with E-state index in [2.05, 4.69) is 4.72 Å². The molecule has 0 aliphatic carbocycles. The lowest BCUT2D eigenvalue weighted by molar-refractivity contribution is 0.109. The van der Waals surface area contributed by atoms with Crippen LogP contribution in [0.15, 0.2) is 21.6 Å². The lowest BCUT2D eigenvalue weighted by Crippen LogP contribution is -2.27. The topological polar surface area (TPSA) is 137 Å². The first-order valence-corrected chi connectivity index (χ1v) is 7.99. The molecule has 0 radical (unpaired) electrons. The van der Waals surface area contributed by atoms with Gasteiger partial charge in [0.15, 0.2) is 12.0 Å². The van der Waals surface area contributed by atoms with Crippen molar-refractivity contribution in [2.24, 2.45) is 5.14 Å². The van der Waals surface area contributed by atoms with E-state index in [1.54, 1.807) is 0 Å². The van der Waals surface area contributed by atoms with E-state index >= 15 is 0 Å². The number of nitrogens with one attached hydrogen (secondary N) is 1. The summed E-state index contributed by atoms with van der Waals surface area (Å²) < 4.78 is 51.3. The third-order valence-corrected chi connectivity index (χ3v) is 4.07. The minimum Gasteiger partial charge on any atom is -0.440 e. The molecule has 0 fully saturated rings. The summed E-state index contributed by atoms with van der Waals surface area (Å²) in [6.07, 6.45) is 0.416. The van der Waals surface area contributed by atoms with Gasteiger partial charge in [0.05, 0.1) is 5.75 Å². The minimum atomic E-state index is -3.88. The number of primary sulfonamides is 1. The Bertz CT molecular complexity index is 616. The number of hydrogen-bond acceptors (Lipinski definition) is 6.